The van der Waals surface area contributed by atoms with Crippen molar-refractivity contribution in [3.63, 3.8) is 0 Å². The van der Waals surface area contributed by atoms with Crippen LogP contribution in [0.2, 0.25) is 0 Å². The van der Waals surface area contributed by atoms with Crippen molar-refractivity contribution in [3.05, 3.63) is 34.2 Å². The molecule has 0 aliphatic heterocycles. The minimum atomic E-state index is 0.0396. The maximum absolute atomic E-state index is 12.0. The SMILES string of the molecule is Cc1cccc2c1n(CCCN)c(=O)n2C. The van der Waals surface area contributed by atoms with Crippen molar-refractivity contribution >= 4 is 11.0 Å². The van der Waals surface area contributed by atoms with Gasteiger partial charge in [0.2, 0.25) is 0 Å². The molecule has 0 aliphatic carbocycles. The summed E-state index contributed by atoms with van der Waals surface area (Å²) in [5.41, 5.74) is 8.68. The molecule has 2 rings (SSSR count). The molecule has 0 saturated heterocycles. The number of rotatable bonds is 3. The minimum absolute atomic E-state index is 0.0396. The number of nitrogens with zero attached hydrogens (tertiary/aromatic N) is 2. The zero-order valence-electron chi connectivity index (χ0n) is 9.73. The molecule has 0 bridgehead atoms. The zero-order chi connectivity index (χ0) is 11.7. The van der Waals surface area contributed by atoms with Gasteiger partial charge in [0, 0.05) is 13.6 Å². The Morgan fingerprint density at radius 2 is 2.12 bits per heavy atom. The highest BCUT2D eigenvalue weighted by Crippen LogP contribution is 2.16. The van der Waals surface area contributed by atoms with E-state index in [9.17, 15) is 4.79 Å². The third kappa shape index (κ3) is 1.55. The summed E-state index contributed by atoms with van der Waals surface area (Å²) in [5, 5.41) is 0. The average Bonchev–Trinajstić information content (AvgIpc) is 2.52. The second-order valence-electron chi connectivity index (χ2n) is 4.08. The Balaban J connectivity index is 2.71. The fourth-order valence-electron chi connectivity index (χ4n) is 2.10. The molecule has 0 amide bonds. The maximum atomic E-state index is 12.0. The number of imidazole rings is 1. The van der Waals surface area contributed by atoms with Crippen LogP contribution in [-0.2, 0) is 13.6 Å². The van der Waals surface area contributed by atoms with E-state index in [-0.39, 0.29) is 5.69 Å². The van der Waals surface area contributed by atoms with Gasteiger partial charge < -0.3 is 5.73 Å². The van der Waals surface area contributed by atoms with E-state index in [2.05, 4.69) is 0 Å². The monoisotopic (exact) mass is 219 g/mol. The molecule has 0 fully saturated rings. The molecule has 1 heterocycles. The number of aryl methyl sites for hydroxylation is 3. The maximum Gasteiger partial charge on any atom is 0.328 e. The first-order valence-corrected chi connectivity index (χ1v) is 5.51. The van der Waals surface area contributed by atoms with Gasteiger partial charge in [0.05, 0.1) is 11.0 Å². The van der Waals surface area contributed by atoms with Crippen LogP contribution in [0.5, 0.6) is 0 Å². The van der Waals surface area contributed by atoms with E-state index in [0.29, 0.717) is 13.1 Å². The van der Waals surface area contributed by atoms with Gasteiger partial charge in [-0.05, 0) is 31.5 Å². The molecule has 0 spiro atoms. The Labute approximate surface area is 94.3 Å². The second-order valence-corrected chi connectivity index (χ2v) is 4.08. The van der Waals surface area contributed by atoms with Crippen LogP contribution < -0.4 is 11.4 Å². The van der Waals surface area contributed by atoms with E-state index >= 15 is 0 Å². The number of fused-ring (bicyclic) bond motifs is 1. The lowest BCUT2D eigenvalue weighted by atomic mass is 10.2. The number of nitrogens with two attached hydrogens (primary N) is 1. The van der Waals surface area contributed by atoms with Crippen molar-refractivity contribution in [2.45, 2.75) is 19.9 Å². The van der Waals surface area contributed by atoms with Gasteiger partial charge in [-0.1, -0.05) is 12.1 Å². The molecule has 2 N–H and O–H groups in total. The molecule has 0 saturated carbocycles. The normalized spacial score (nSPS) is 11.2. The first-order chi connectivity index (χ1) is 7.66. The molecule has 4 nitrogen and oxygen atoms in total. The summed E-state index contributed by atoms with van der Waals surface area (Å²) < 4.78 is 3.51. The van der Waals surface area contributed by atoms with Crippen LogP contribution in [0, 0.1) is 6.92 Å². The number of aromatic nitrogens is 2. The lowest BCUT2D eigenvalue weighted by Gasteiger charge is -2.03. The number of hydrogen-bond donors (Lipinski definition) is 1. The van der Waals surface area contributed by atoms with Crippen molar-refractivity contribution in [2.75, 3.05) is 6.54 Å². The summed E-state index contributed by atoms with van der Waals surface area (Å²) in [5.74, 6) is 0. The van der Waals surface area contributed by atoms with E-state index in [1.807, 2.05) is 36.7 Å². The van der Waals surface area contributed by atoms with E-state index in [1.165, 1.54) is 0 Å². The van der Waals surface area contributed by atoms with Crippen molar-refractivity contribution in [3.8, 4) is 0 Å². The van der Waals surface area contributed by atoms with Gasteiger partial charge in [-0.3, -0.25) is 9.13 Å². The Morgan fingerprint density at radius 3 is 2.81 bits per heavy atom. The molecule has 4 heteroatoms. The molecular formula is C12H17N3O. The van der Waals surface area contributed by atoms with Crippen LogP contribution in [0.3, 0.4) is 0 Å². The van der Waals surface area contributed by atoms with E-state index < -0.39 is 0 Å². The van der Waals surface area contributed by atoms with E-state index in [1.54, 1.807) is 4.57 Å². The van der Waals surface area contributed by atoms with Gasteiger partial charge >= 0.3 is 5.69 Å². The fourth-order valence-corrected chi connectivity index (χ4v) is 2.10. The molecule has 0 radical (unpaired) electrons. The summed E-state index contributed by atoms with van der Waals surface area (Å²) in [6.07, 6.45) is 0.827. The van der Waals surface area contributed by atoms with Gasteiger partial charge in [-0.15, -0.1) is 0 Å². The van der Waals surface area contributed by atoms with Crippen LogP contribution in [0.15, 0.2) is 23.0 Å². The first kappa shape index (κ1) is 11.0. The van der Waals surface area contributed by atoms with Crippen molar-refractivity contribution in [2.24, 2.45) is 12.8 Å². The third-order valence-electron chi connectivity index (χ3n) is 2.95. The molecule has 16 heavy (non-hydrogen) atoms. The number of benzene rings is 1. The summed E-state index contributed by atoms with van der Waals surface area (Å²) in [6.45, 7) is 3.33. The molecule has 0 aliphatic rings. The topological polar surface area (TPSA) is 52.9 Å². The molecule has 86 valence electrons. The highest BCUT2D eigenvalue weighted by atomic mass is 16.1. The first-order valence-electron chi connectivity index (χ1n) is 5.51. The molecule has 1 aromatic carbocycles. The van der Waals surface area contributed by atoms with Crippen LogP contribution in [0.1, 0.15) is 12.0 Å². The fraction of sp³-hybridized carbons (Fsp3) is 0.417. The quantitative estimate of drug-likeness (QED) is 0.837. The Morgan fingerprint density at radius 1 is 1.38 bits per heavy atom. The molecule has 2 aromatic rings. The predicted molar refractivity (Wildman–Crippen MR) is 65.6 cm³/mol. The van der Waals surface area contributed by atoms with Gasteiger partial charge in [-0.25, -0.2) is 4.79 Å². The summed E-state index contributed by atoms with van der Waals surface area (Å²) in [7, 11) is 1.81. The molecular weight excluding hydrogens is 202 g/mol. The van der Waals surface area contributed by atoms with Gasteiger partial charge in [0.1, 0.15) is 0 Å². The second kappa shape index (κ2) is 4.14. The van der Waals surface area contributed by atoms with E-state index in [0.717, 1.165) is 23.0 Å². The highest BCUT2D eigenvalue weighted by Gasteiger charge is 2.11. The predicted octanol–water partition coefficient (Wildman–Crippen LogP) is 0.997. The zero-order valence-corrected chi connectivity index (χ0v) is 9.73. The average molecular weight is 219 g/mol. The van der Waals surface area contributed by atoms with Crippen LogP contribution in [-0.4, -0.2) is 15.7 Å². The van der Waals surface area contributed by atoms with Gasteiger partial charge in [0.15, 0.2) is 0 Å². The molecule has 0 atom stereocenters. The Kier molecular flexibility index (Phi) is 2.83. The molecule has 1 aromatic heterocycles. The van der Waals surface area contributed by atoms with Gasteiger partial charge in [-0.2, -0.15) is 0 Å². The van der Waals surface area contributed by atoms with Crippen LogP contribution >= 0.6 is 0 Å². The lowest BCUT2D eigenvalue weighted by molar-refractivity contribution is 0.629. The van der Waals surface area contributed by atoms with Crippen LogP contribution in [0.4, 0.5) is 0 Å². The van der Waals surface area contributed by atoms with Crippen LogP contribution in [0.25, 0.3) is 11.0 Å². The Bertz CT molecular complexity index is 565. The summed E-state index contributed by atoms with van der Waals surface area (Å²) in [4.78, 5) is 12.0. The Hall–Kier alpha value is -1.55. The third-order valence-corrected chi connectivity index (χ3v) is 2.95. The number of para-hydroxylation sites is 1. The molecule has 0 unspecified atom stereocenters. The summed E-state index contributed by atoms with van der Waals surface area (Å²) >= 11 is 0. The van der Waals surface area contributed by atoms with Gasteiger partial charge in [0.25, 0.3) is 0 Å². The largest absolute Gasteiger partial charge is 0.330 e. The van der Waals surface area contributed by atoms with Crippen molar-refractivity contribution in [1.82, 2.24) is 9.13 Å². The lowest BCUT2D eigenvalue weighted by Crippen LogP contribution is -2.23. The van der Waals surface area contributed by atoms with Crippen molar-refractivity contribution in [1.29, 1.82) is 0 Å². The highest BCUT2D eigenvalue weighted by molar-refractivity contribution is 5.79. The van der Waals surface area contributed by atoms with Crippen molar-refractivity contribution < 1.29 is 0 Å². The van der Waals surface area contributed by atoms with E-state index in [4.69, 9.17) is 5.73 Å². The standard InChI is InChI=1S/C12H17N3O/c1-9-5-3-6-10-11(9)15(8-4-7-13)12(16)14(10)2/h3,5-6H,4,7-8,13H2,1-2H3. The summed E-state index contributed by atoms with van der Waals surface area (Å²) in [6, 6.07) is 5.98. The smallest absolute Gasteiger partial charge is 0.328 e. The number of hydrogen-bond acceptors (Lipinski definition) is 2. The minimum Gasteiger partial charge on any atom is -0.330 e.